The summed E-state index contributed by atoms with van der Waals surface area (Å²) in [6.07, 6.45) is 3.60. The van der Waals surface area contributed by atoms with Crippen LogP contribution in [0.4, 0.5) is 11.4 Å². The van der Waals surface area contributed by atoms with E-state index in [4.69, 9.17) is 19.2 Å². The molecule has 0 amide bonds. The molecule has 0 aliphatic carbocycles. The molecular weight excluding hydrogens is 776 g/mol. The number of ether oxygens (including phenoxy) is 3. The Bertz CT molecular complexity index is 2450. The molecule has 16 heteroatoms. The maximum atomic E-state index is 14.3. The molecule has 6 rings (SSSR count). The Kier molecular flexibility index (Phi) is 10.7. The first-order valence-corrected chi connectivity index (χ1v) is 18.3. The van der Waals surface area contributed by atoms with Gasteiger partial charge in [-0.05, 0) is 76.6 Å². The second kappa shape index (κ2) is 15.3. The average molecular weight is 804 g/mol. The van der Waals surface area contributed by atoms with Crippen molar-refractivity contribution in [3.8, 4) is 17.2 Å². The molecule has 0 N–H and O–H groups in total. The summed E-state index contributed by atoms with van der Waals surface area (Å²) in [5, 5.41) is 22.9. The van der Waals surface area contributed by atoms with Gasteiger partial charge in [-0.2, -0.15) is 0 Å². The zero-order chi connectivity index (χ0) is 37.1. The van der Waals surface area contributed by atoms with Crippen molar-refractivity contribution < 1.29 is 28.9 Å². The number of hydrogen-bond donors (Lipinski definition) is 0. The van der Waals surface area contributed by atoms with E-state index < -0.39 is 38.8 Å². The molecule has 1 aliphatic rings. The summed E-state index contributed by atoms with van der Waals surface area (Å²) < 4.78 is 19.1. The van der Waals surface area contributed by atoms with Crippen molar-refractivity contribution in [3.63, 3.8) is 0 Å². The highest BCUT2D eigenvalue weighted by molar-refractivity contribution is 9.10. The molecule has 0 radical (unpaired) electrons. The topological polar surface area (TPSA) is 165 Å². The van der Waals surface area contributed by atoms with Gasteiger partial charge in [0.25, 0.3) is 11.2 Å². The number of carbonyl (C=O) groups excluding carboxylic acids is 1. The van der Waals surface area contributed by atoms with Crippen molar-refractivity contribution in [2.24, 2.45) is 4.99 Å². The Morgan fingerprint density at radius 1 is 1.02 bits per heavy atom. The number of halogens is 1. The van der Waals surface area contributed by atoms with Crippen LogP contribution < -0.4 is 24.4 Å². The Hall–Kier alpha value is -5.58. The SMILES string of the molecule is CCOC(=O)C1=C(c2ccccc2)N=c2s/c(=C\c3cc(Br)c(Oc4ccc([N+](=O)[O-])cc4[N+](=O)[O-])c(OC)c3)c(=O)n2[C@H]1c1ccc(SC)cc1. The van der Waals surface area contributed by atoms with E-state index in [1.165, 1.54) is 11.7 Å². The molecule has 0 fully saturated rings. The van der Waals surface area contributed by atoms with Gasteiger partial charge >= 0.3 is 11.7 Å². The first-order chi connectivity index (χ1) is 25.0. The number of fused-ring (bicyclic) bond motifs is 1. The number of nitro groups is 2. The van der Waals surface area contributed by atoms with Crippen molar-refractivity contribution in [2.45, 2.75) is 17.9 Å². The number of rotatable bonds is 11. The summed E-state index contributed by atoms with van der Waals surface area (Å²) in [5.74, 6) is -0.606. The molecular formula is C36H27BrN4O9S2. The quantitative estimate of drug-likeness (QED) is 0.0586. The van der Waals surface area contributed by atoms with Gasteiger partial charge in [-0.1, -0.05) is 53.8 Å². The van der Waals surface area contributed by atoms with E-state index >= 15 is 0 Å². The van der Waals surface area contributed by atoms with E-state index in [9.17, 15) is 29.8 Å². The van der Waals surface area contributed by atoms with Crippen LogP contribution in [0.1, 0.15) is 29.7 Å². The molecule has 1 aromatic heterocycles. The van der Waals surface area contributed by atoms with Crippen LogP contribution in [0.2, 0.25) is 0 Å². The lowest BCUT2D eigenvalue weighted by Gasteiger charge is -2.26. The third kappa shape index (κ3) is 7.12. The maximum Gasteiger partial charge on any atom is 0.338 e. The van der Waals surface area contributed by atoms with Gasteiger partial charge in [0.1, 0.15) is 0 Å². The zero-order valence-corrected chi connectivity index (χ0v) is 30.8. The van der Waals surface area contributed by atoms with Gasteiger partial charge in [-0.25, -0.2) is 9.79 Å². The Labute approximate surface area is 311 Å². The van der Waals surface area contributed by atoms with E-state index in [1.807, 2.05) is 60.9 Å². The fourth-order valence-electron chi connectivity index (χ4n) is 5.57. The van der Waals surface area contributed by atoms with Crippen molar-refractivity contribution in [1.82, 2.24) is 4.57 Å². The summed E-state index contributed by atoms with van der Waals surface area (Å²) >= 11 is 6.16. The molecule has 0 saturated heterocycles. The summed E-state index contributed by atoms with van der Waals surface area (Å²) in [5.41, 5.74) is 1.05. The minimum Gasteiger partial charge on any atom is -0.493 e. The molecule has 13 nitrogen and oxygen atoms in total. The first-order valence-electron chi connectivity index (χ1n) is 15.4. The Morgan fingerprint density at radius 3 is 2.38 bits per heavy atom. The van der Waals surface area contributed by atoms with Gasteiger partial charge in [-0.3, -0.25) is 29.6 Å². The minimum atomic E-state index is -0.849. The molecule has 0 unspecified atom stereocenters. The summed E-state index contributed by atoms with van der Waals surface area (Å²) in [6, 6.07) is 22.3. The zero-order valence-electron chi connectivity index (χ0n) is 27.6. The van der Waals surface area contributed by atoms with Crippen LogP contribution in [0.5, 0.6) is 17.2 Å². The average Bonchev–Trinajstić information content (AvgIpc) is 3.45. The molecule has 0 saturated carbocycles. The minimum absolute atomic E-state index is 0.0679. The van der Waals surface area contributed by atoms with E-state index in [0.717, 1.165) is 34.4 Å². The standard InChI is InChI=1S/C36H27BrN4O9S2/c1-4-49-35(43)30-31(21-8-6-5-7-9-21)38-36-39(32(30)22-10-13-24(51-3)14-11-22)34(42)29(52-36)18-20-16-25(37)33(28(17-20)48-2)50-27-15-12-23(40(44)45)19-26(27)41(46)47/h5-19,32H,4H2,1-3H3/b29-18-/t32-/m0/s1. The predicted molar refractivity (Wildman–Crippen MR) is 200 cm³/mol. The van der Waals surface area contributed by atoms with E-state index in [1.54, 1.807) is 36.9 Å². The van der Waals surface area contributed by atoms with Crippen LogP contribution in [0, 0.1) is 20.2 Å². The predicted octanol–water partition coefficient (Wildman–Crippen LogP) is 7.04. The summed E-state index contributed by atoms with van der Waals surface area (Å²) in [4.78, 5) is 55.7. The fourth-order valence-corrected chi connectivity index (χ4v) is 7.52. The third-order valence-electron chi connectivity index (χ3n) is 7.92. The van der Waals surface area contributed by atoms with Crippen molar-refractivity contribution in [3.05, 3.63) is 152 Å². The van der Waals surface area contributed by atoms with Crippen molar-refractivity contribution in [1.29, 1.82) is 0 Å². The Morgan fingerprint density at radius 2 is 1.75 bits per heavy atom. The van der Waals surface area contributed by atoms with Gasteiger partial charge < -0.3 is 14.2 Å². The largest absolute Gasteiger partial charge is 0.493 e. The summed E-state index contributed by atoms with van der Waals surface area (Å²) in [7, 11) is 1.38. The lowest BCUT2D eigenvalue weighted by atomic mass is 9.93. The van der Waals surface area contributed by atoms with E-state index in [0.29, 0.717) is 36.2 Å². The molecule has 4 aromatic carbocycles. The lowest BCUT2D eigenvalue weighted by molar-refractivity contribution is -0.394. The van der Waals surface area contributed by atoms with Gasteiger partial charge in [0, 0.05) is 16.5 Å². The monoisotopic (exact) mass is 802 g/mol. The van der Waals surface area contributed by atoms with Crippen LogP contribution in [-0.4, -0.2) is 40.4 Å². The highest BCUT2D eigenvalue weighted by Gasteiger charge is 2.35. The van der Waals surface area contributed by atoms with Gasteiger partial charge in [0.05, 0.1) is 55.9 Å². The Balaban J connectivity index is 1.51. The van der Waals surface area contributed by atoms with Crippen LogP contribution in [0.25, 0.3) is 11.8 Å². The van der Waals surface area contributed by atoms with Gasteiger partial charge in [-0.15, -0.1) is 11.8 Å². The third-order valence-corrected chi connectivity index (χ3v) is 10.2. The van der Waals surface area contributed by atoms with E-state index in [2.05, 4.69) is 15.9 Å². The molecule has 5 aromatic rings. The highest BCUT2D eigenvalue weighted by Crippen LogP contribution is 2.43. The smallest absolute Gasteiger partial charge is 0.338 e. The molecule has 2 heterocycles. The molecule has 0 bridgehead atoms. The number of hydrogen-bond acceptors (Lipinski definition) is 12. The second-order valence-electron chi connectivity index (χ2n) is 11.0. The number of carbonyl (C=O) groups is 1. The van der Waals surface area contributed by atoms with Crippen molar-refractivity contribution in [2.75, 3.05) is 20.0 Å². The van der Waals surface area contributed by atoms with Crippen molar-refractivity contribution >= 4 is 68.1 Å². The van der Waals surface area contributed by atoms with Crippen LogP contribution in [0.3, 0.4) is 0 Å². The van der Waals surface area contributed by atoms with E-state index in [-0.39, 0.29) is 29.4 Å². The molecule has 264 valence electrons. The number of methoxy groups -OCH3 is 1. The first kappa shape index (κ1) is 36.2. The molecule has 1 atom stereocenters. The summed E-state index contributed by atoms with van der Waals surface area (Å²) in [6.45, 7) is 1.84. The number of nitrogens with zero attached hydrogens (tertiary/aromatic N) is 4. The molecule has 52 heavy (non-hydrogen) atoms. The number of thioether (sulfide) groups is 1. The normalized spacial score (nSPS) is 14.0. The van der Waals surface area contributed by atoms with Gasteiger partial charge in [0.15, 0.2) is 16.3 Å². The number of aromatic nitrogens is 1. The van der Waals surface area contributed by atoms with Crippen LogP contribution >= 0.6 is 39.0 Å². The van der Waals surface area contributed by atoms with Crippen LogP contribution in [-0.2, 0) is 9.53 Å². The molecule has 1 aliphatic heterocycles. The number of non-ortho nitro benzene ring substituents is 1. The second-order valence-corrected chi connectivity index (χ2v) is 13.8. The van der Waals surface area contributed by atoms with Crippen LogP contribution in [0.15, 0.2) is 110 Å². The maximum absolute atomic E-state index is 14.3. The fraction of sp³-hybridized carbons (Fsp3) is 0.139. The van der Waals surface area contributed by atoms with Gasteiger partial charge in [0.2, 0.25) is 5.75 Å². The number of thiazole rings is 1. The lowest BCUT2D eigenvalue weighted by Crippen LogP contribution is -2.40. The molecule has 0 spiro atoms. The number of esters is 1. The number of nitro benzene ring substituents is 2. The highest BCUT2D eigenvalue weighted by atomic mass is 79.9. The number of benzene rings is 4.